The summed E-state index contributed by atoms with van der Waals surface area (Å²) in [5.74, 6) is -0.170. The third-order valence-corrected chi connectivity index (χ3v) is 4.93. The predicted octanol–water partition coefficient (Wildman–Crippen LogP) is 0.583. The van der Waals surface area contributed by atoms with Crippen LogP contribution in [0.4, 0.5) is 0 Å². The van der Waals surface area contributed by atoms with E-state index in [4.69, 9.17) is 0 Å². The highest BCUT2D eigenvalue weighted by Gasteiger charge is 2.11. The van der Waals surface area contributed by atoms with Gasteiger partial charge in [0.1, 0.15) is 9.84 Å². The lowest BCUT2D eigenvalue weighted by atomic mass is 10.1. The van der Waals surface area contributed by atoms with Crippen LogP contribution < -0.4 is 4.72 Å². The molecule has 0 saturated carbocycles. The summed E-state index contributed by atoms with van der Waals surface area (Å²) in [6.07, 6.45) is 2.28. The quantitative estimate of drug-likeness (QED) is 0.762. The van der Waals surface area contributed by atoms with Crippen molar-refractivity contribution in [2.45, 2.75) is 12.8 Å². The lowest BCUT2D eigenvalue weighted by Gasteiger charge is -2.06. The van der Waals surface area contributed by atoms with E-state index >= 15 is 0 Å². The summed E-state index contributed by atoms with van der Waals surface area (Å²) in [6, 6.07) is 9.63. The van der Waals surface area contributed by atoms with Crippen molar-refractivity contribution < 1.29 is 16.8 Å². The Balaban J connectivity index is 2.31. The summed E-state index contributed by atoms with van der Waals surface area (Å²) in [4.78, 5) is 0. The van der Waals surface area contributed by atoms with Gasteiger partial charge in [-0.1, -0.05) is 30.3 Å². The topological polar surface area (TPSA) is 80.3 Å². The number of hydrogen-bond acceptors (Lipinski definition) is 4. The lowest BCUT2D eigenvalue weighted by Crippen LogP contribution is -2.31. The van der Waals surface area contributed by atoms with Crippen molar-refractivity contribution in [1.82, 2.24) is 4.72 Å². The van der Waals surface area contributed by atoms with Gasteiger partial charge >= 0.3 is 0 Å². The first-order valence-corrected chi connectivity index (χ1v) is 9.69. The van der Waals surface area contributed by atoms with Gasteiger partial charge in [0.05, 0.1) is 11.5 Å². The van der Waals surface area contributed by atoms with E-state index in [9.17, 15) is 16.8 Å². The lowest BCUT2D eigenvalue weighted by molar-refractivity contribution is 0.579. The van der Waals surface area contributed by atoms with Crippen LogP contribution >= 0.6 is 0 Å². The smallest absolute Gasteiger partial charge is 0.211 e. The second-order valence-electron chi connectivity index (χ2n) is 4.43. The fourth-order valence-electron chi connectivity index (χ4n) is 1.57. The Morgan fingerprint density at radius 2 is 1.63 bits per heavy atom. The van der Waals surface area contributed by atoms with Gasteiger partial charge in [-0.15, -0.1) is 0 Å². The molecule has 0 radical (unpaired) electrons. The molecule has 0 atom stereocenters. The number of benzene rings is 1. The van der Waals surface area contributed by atoms with E-state index in [0.29, 0.717) is 12.8 Å². The van der Waals surface area contributed by atoms with Crippen molar-refractivity contribution in [3.8, 4) is 0 Å². The normalized spacial score (nSPS) is 12.5. The van der Waals surface area contributed by atoms with Crippen LogP contribution in [0.25, 0.3) is 0 Å². The largest absolute Gasteiger partial charge is 0.229 e. The molecule has 0 aliphatic rings. The second kappa shape index (κ2) is 7.02. The highest BCUT2D eigenvalue weighted by atomic mass is 32.2. The van der Waals surface area contributed by atoms with E-state index in [1.165, 1.54) is 0 Å². The van der Waals surface area contributed by atoms with Crippen molar-refractivity contribution in [3.05, 3.63) is 35.9 Å². The Morgan fingerprint density at radius 1 is 1.00 bits per heavy atom. The highest BCUT2D eigenvalue weighted by Crippen LogP contribution is 2.03. The molecule has 0 aliphatic carbocycles. The van der Waals surface area contributed by atoms with Gasteiger partial charge in [0, 0.05) is 12.8 Å². The molecule has 7 heteroatoms. The zero-order valence-electron chi connectivity index (χ0n) is 10.9. The van der Waals surface area contributed by atoms with Crippen LogP contribution in [-0.4, -0.2) is 41.1 Å². The number of aryl methyl sites for hydroxylation is 1. The number of nitrogens with one attached hydrogen (secondary N) is 1. The van der Waals surface area contributed by atoms with Gasteiger partial charge in [0.2, 0.25) is 10.0 Å². The van der Waals surface area contributed by atoms with E-state index in [0.717, 1.165) is 11.8 Å². The van der Waals surface area contributed by atoms with Crippen LogP contribution in [-0.2, 0) is 26.3 Å². The average Bonchev–Trinajstić information content (AvgIpc) is 2.28. The van der Waals surface area contributed by atoms with Crippen LogP contribution in [0.1, 0.15) is 12.0 Å². The Morgan fingerprint density at radius 3 is 2.21 bits per heavy atom. The fourth-order valence-corrected chi connectivity index (χ4v) is 3.25. The number of sulfone groups is 1. The van der Waals surface area contributed by atoms with E-state index in [1.54, 1.807) is 0 Å². The maximum Gasteiger partial charge on any atom is 0.211 e. The molecule has 0 spiro atoms. The minimum Gasteiger partial charge on any atom is -0.229 e. The summed E-state index contributed by atoms with van der Waals surface area (Å²) in [5, 5.41) is 0. The molecule has 0 heterocycles. The van der Waals surface area contributed by atoms with Crippen LogP contribution in [0.2, 0.25) is 0 Å². The molecule has 1 N–H and O–H groups in total. The minimum atomic E-state index is -3.39. The van der Waals surface area contributed by atoms with Gasteiger partial charge < -0.3 is 0 Å². The number of rotatable bonds is 8. The maximum atomic E-state index is 11.6. The molecule has 0 aliphatic heterocycles. The van der Waals surface area contributed by atoms with Crippen LogP contribution in [0, 0.1) is 0 Å². The van der Waals surface area contributed by atoms with Crippen molar-refractivity contribution in [2.75, 3.05) is 24.3 Å². The molecule has 108 valence electrons. The molecule has 0 saturated heterocycles. The molecular formula is C12H19NO4S2. The van der Waals surface area contributed by atoms with Gasteiger partial charge in [-0.25, -0.2) is 21.6 Å². The molecule has 0 aromatic heterocycles. The van der Waals surface area contributed by atoms with E-state index in [2.05, 4.69) is 4.72 Å². The first-order chi connectivity index (χ1) is 8.79. The van der Waals surface area contributed by atoms with Crippen LogP contribution in [0.5, 0.6) is 0 Å². The highest BCUT2D eigenvalue weighted by molar-refractivity contribution is 7.91. The third kappa shape index (κ3) is 7.97. The zero-order chi connectivity index (χ0) is 14.4. The van der Waals surface area contributed by atoms with E-state index < -0.39 is 19.9 Å². The molecule has 0 bridgehead atoms. The molecule has 1 aromatic carbocycles. The predicted molar refractivity (Wildman–Crippen MR) is 76.3 cm³/mol. The molecule has 1 rings (SSSR count). The van der Waals surface area contributed by atoms with Crippen molar-refractivity contribution in [3.63, 3.8) is 0 Å². The first kappa shape index (κ1) is 16.1. The fraction of sp³-hybridized carbons (Fsp3) is 0.500. The van der Waals surface area contributed by atoms with Gasteiger partial charge in [0.15, 0.2) is 0 Å². The average molecular weight is 305 g/mol. The SMILES string of the molecule is CS(=O)(=O)CCNS(=O)(=O)CCCc1ccccc1. The minimum absolute atomic E-state index is 0.00561. The van der Waals surface area contributed by atoms with E-state index in [1.807, 2.05) is 30.3 Å². The third-order valence-electron chi connectivity index (χ3n) is 2.52. The van der Waals surface area contributed by atoms with Gasteiger partial charge in [-0.2, -0.15) is 0 Å². The Kier molecular flexibility index (Phi) is 5.96. The van der Waals surface area contributed by atoms with Crippen molar-refractivity contribution >= 4 is 19.9 Å². The Bertz CT molecular complexity index is 579. The molecular weight excluding hydrogens is 286 g/mol. The first-order valence-electron chi connectivity index (χ1n) is 5.97. The van der Waals surface area contributed by atoms with Crippen LogP contribution in [0.3, 0.4) is 0 Å². The van der Waals surface area contributed by atoms with Crippen molar-refractivity contribution in [2.24, 2.45) is 0 Å². The number of sulfonamides is 1. The summed E-state index contributed by atoms with van der Waals surface area (Å²) >= 11 is 0. The Hall–Kier alpha value is -0.920. The summed E-state index contributed by atoms with van der Waals surface area (Å²) in [5.41, 5.74) is 1.09. The molecule has 19 heavy (non-hydrogen) atoms. The number of hydrogen-bond donors (Lipinski definition) is 1. The van der Waals surface area contributed by atoms with Gasteiger partial charge in [-0.05, 0) is 18.4 Å². The standard InChI is InChI=1S/C12H19NO4S2/c1-18(14,15)11-9-13-19(16,17)10-5-8-12-6-3-2-4-7-12/h2-4,6-7,13H,5,8-11H2,1H3. The van der Waals surface area contributed by atoms with Gasteiger partial charge in [0.25, 0.3) is 0 Å². The summed E-state index contributed by atoms with van der Waals surface area (Å²) in [6.45, 7) is -0.0630. The summed E-state index contributed by atoms with van der Waals surface area (Å²) < 4.78 is 47.3. The Labute approximate surface area is 115 Å². The van der Waals surface area contributed by atoms with E-state index in [-0.39, 0.29) is 18.1 Å². The van der Waals surface area contributed by atoms with Crippen molar-refractivity contribution in [1.29, 1.82) is 0 Å². The molecule has 0 amide bonds. The van der Waals surface area contributed by atoms with Crippen LogP contribution in [0.15, 0.2) is 30.3 Å². The second-order valence-corrected chi connectivity index (χ2v) is 8.62. The molecule has 5 nitrogen and oxygen atoms in total. The molecule has 0 unspecified atom stereocenters. The monoisotopic (exact) mass is 305 g/mol. The summed E-state index contributed by atoms with van der Waals surface area (Å²) in [7, 11) is -6.53. The molecule has 0 fully saturated rings. The molecule has 1 aromatic rings. The van der Waals surface area contributed by atoms with Gasteiger partial charge in [-0.3, -0.25) is 0 Å². The maximum absolute atomic E-state index is 11.6. The zero-order valence-corrected chi connectivity index (χ0v) is 12.5.